The Morgan fingerprint density at radius 3 is 2.63 bits per heavy atom. The third-order valence-electron chi connectivity index (χ3n) is 2.84. The number of anilines is 1. The maximum absolute atomic E-state index is 12.1. The van der Waals surface area contributed by atoms with E-state index in [2.05, 4.69) is 15.4 Å². The van der Waals surface area contributed by atoms with Crippen LogP contribution < -0.4 is 10.6 Å². The molecule has 6 nitrogen and oxygen atoms in total. The van der Waals surface area contributed by atoms with Crippen LogP contribution in [-0.2, 0) is 22.4 Å². The summed E-state index contributed by atoms with van der Waals surface area (Å²) in [5.41, 5.74) is 1.31. The number of hydrogen-bond donors (Lipinski definition) is 2. The van der Waals surface area contributed by atoms with Gasteiger partial charge in [0.1, 0.15) is 5.00 Å². The van der Waals surface area contributed by atoms with Gasteiger partial charge in [-0.05, 0) is 24.8 Å². The smallest absolute Gasteiger partial charge is 0.413 e. The van der Waals surface area contributed by atoms with Crippen molar-refractivity contribution in [2.24, 2.45) is 0 Å². The Hall–Kier alpha value is -1.89. The number of methoxy groups -OCH3 is 1. The first-order chi connectivity index (χ1) is 9.02. The number of ether oxygens (including phenoxy) is 1. The van der Waals surface area contributed by atoms with Gasteiger partial charge in [0, 0.05) is 11.8 Å². The van der Waals surface area contributed by atoms with Gasteiger partial charge in [-0.25, -0.2) is 4.79 Å². The van der Waals surface area contributed by atoms with Crippen LogP contribution in [-0.4, -0.2) is 25.0 Å². The molecule has 0 atom stereocenters. The number of carbonyl (C=O) groups is 3. The Balaban J connectivity index is 2.33. The molecule has 1 aliphatic carbocycles. The Morgan fingerprint density at radius 2 is 2.00 bits per heavy atom. The quantitative estimate of drug-likeness (QED) is 0.864. The number of nitrogens with one attached hydrogen (secondary N) is 2. The lowest BCUT2D eigenvalue weighted by Crippen LogP contribution is -2.31. The molecule has 0 saturated carbocycles. The Morgan fingerprint density at radius 1 is 1.26 bits per heavy atom. The predicted octanol–water partition coefficient (Wildman–Crippen LogP) is 1.69. The molecule has 0 saturated heterocycles. The van der Waals surface area contributed by atoms with Gasteiger partial charge in [-0.3, -0.25) is 14.9 Å². The standard InChI is InChI=1S/C12H14N2O4S/c1-6(15)13-11-9(10(16)14-12(17)18-2)7-4-3-5-8(7)19-11/h3-5H2,1-2H3,(H,13,15)(H,14,16,17). The zero-order chi connectivity index (χ0) is 14.0. The van der Waals surface area contributed by atoms with Crippen LogP contribution in [0.1, 0.15) is 34.1 Å². The lowest BCUT2D eigenvalue weighted by atomic mass is 10.1. The van der Waals surface area contributed by atoms with E-state index in [1.165, 1.54) is 25.4 Å². The molecule has 7 heteroatoms. The predicted molar refractivity (Wildman–Crippen MR) is 70.5 cm³/mol. The monoisotopic (exact) mass is 282 g/mol. The summed E-state index contributed by atoms with van der Waals surface area (Å²) in [5.74, 6) is -0.776. The molecule has 2 rings (SSSR count). The highest BCUT2D eigenvalue weighted by Crippen LogP contribution is 2.39. The number of hydrogen-bond acceptors (Lipinski definition) is 5. The van der Waals surface area contributed by atoms with E-state index in [9.17, 15) is 14.4 Å². The molecular formula is C12H14N2O4S. The summed E-state index contributed by atoms with van der Waals surface area (Å²) in [6.45, 7) is 1.38. The van der Waals surface area contributed by atoms with Crippen LogP contribution >= 0.6 is 11.3 Å². The number of imide groups is 1. The first kappa shape index (κ1) is 13.5. The van der Waals surface area contributed by atoms with Crippen molar-refractivity contribution < 1.29 is 19.1 Å². The zero-order valence-corrected chi connectivity index (χ0v) is 11.5. The van der Waals surface area contributed by atoms with Crippen molar-refractivity contribution in [2.45, 2.75) is 26.2 Å². The minimum absolute atomic E-state index is 0.243. The third kappa shape index (κ3) is 2.76. The van der Waals surface area contributed by atoms with Crippen molar-refractivity contribution in [1.82, 2.24) is 5.32 Å². The number of rotatable bonds is 2. The fourth-order valence-corrected chi connectivity index (χ4v) is 3.43. The number of carbonyl (C=O) groups excluding carboxylic acids is 3. The molecule has 0 spiro atoms. The molecule has 1 heterocycles. The van der Waals surface area contributed by atoms with E-state index in [0.717, 1.165) is 29.7 Å². The van der Waals surface area contributed by atoms with Gasteiger partial charge < -0.3 is 10.1 Å². The van der Waals surface area contributed by atoms with E-state index < -0.39 is 12.0 Å². The van der Waals surface area contributed by atoms with Gasteiger partial charge in [0.05, 0.1) is 12.7 Å². The van der Waals surface area contributed by atoms with Crippen LogP contribution in [0.15, 0.2) is 0 Å². The van der Waals surface area contributed by atoms with Crippen molar-refractivity contribution >= 4 is 34.2 Å². The van der Waals surface area contributed by atoms with Crippen molar-refractivity contribution in [2.75, 3.05) is 12.4 Å². The maximum Gasteiger partial charge on any atom is 0.413 e. The zero-order valence-electron chi connectivity index (χ0n) is 10.7. The Kier molecular flexibility index (Phi) is 3.84. The second kappa shape index (κ2) is 5.40. The van der Waals surface area contributed by atoms with E-state index in [-0.39, 0.29) is 5.91 Å². The first-order valence-corrected chi connectivity index (χ1v) is 6.66. The Bertz CT molecular complexity index is 550. The van der Waals surface area contributed by atoms with E-state index >= 15 is 0 Å². The molecule has 0 aromatic carbocycles. The molecule has 2 N–H and O–H groups in total. The second-order valence-corrected chi connectivity index (χ2v) is 5.29. The summed E-state index contributed by atoms with van der Waals surface area (Å²) in [7, 11) is 1.19. The average Bonchev–Trinajstić information content (AvgIpc) is 2.87. The summed E-state index contributed by atoms with van der Waals surface area (Å²) < 4.78 is 4.40. The van der Waals surface area contributed by atoms with Gasteiger partial charge in [0.2, 0.25) is 5.91 Å². The Labute approximate surface area is 114 Å². The van der Waals surface area contributed by atoms with Gasteiger partial charge in [-0.15, -0.1) is 11.3 Å². The molecule has 0 fully saturated rings. The number of aryl methyl sites for hydroxylation is 1. The SMILES string of the molecule is COC(=O)NC(=O)c1c(NC(C)=O)sc2c1CCC2. The summed E-state index contributed by atoms with van der Waals surface area (Å²) in [6, 6.07) is 0. The van der Waals surface area contributed by atoms with Crippen LogP contribution in [0.3, 0.4) is 0 Å². The van der Waals surface area contributed by atoms with E-state index in [4.69, 9.17) is 0 Å². The molecule has 3 amide bonds. The number of alkyl carbamates (subject to hydrolysis) is 1. The van der Waals surface area contributed by atoms with E-state index in [1.807, 2.05) is 0 Å². The van der Waals surface area contributed by atoms with Crippen LogP contribution in [0.4, 0.5) is 9.80 Å². The van der Waals surface area contributed by atoms with Gasteiger partial charge in [0.15, 0.2) is 0 Å². The minimum atomic E-state index is -0.809. The number of amides is 3. The van der Waals surface area contributed by atoms with Gasteiger partial charge in [0.25, 0.3) is 5.91 Å². The molecule has 1 aliphatic rings. The van der Waals surface area contributed by atoms with Crippen molar-refractivity contribution in [3.05, 3.63) is 16.0 Å². The van der Waals surface area contributed by atoms with E-state index in [1.54, 1.807) is 0 Å². The second-order valence-electron chi connectivity index (χ2n) is 4.19. The normalized spacial score (nSPS) is 12.7. The summed E-state index contributed by atoms with van der Waals surface area (Å²) in [4.78, 5) is 35.5. The van der Waals surface area contributed by atoms with Crippen LogP contribution in [0, 0.1) is 0 Å². The summed E-state index contributed by atoms with van der Waals surface area (Å²) in [6.07, 6.45) is 1.87. The lowest BCUT2D eigenvalue weighted by molar-refractivity contribution is -0.114. The van der Waals surface area contributed by atoms with E-state index in [0.29, 0.717) is 10.6 Å². The highest BCUT2D eigenvalue weighted by Gasteiger charge is 2.27. The van der Waals surface area contributed by atoms with Crippen molar-refractivity contribution in [3.8, 4) is 0 Å². The largest absolute Gasteiger partial charge is 0.453 e. The van der Waals surface area contributed by atoms with Crippen LogP contribution in [0.25, 0.3) is 0 Å². The molecule has 0 unspecified atom stereocenters. The van der Waals surface area contributed by atoms with Crippen LogP contribution in [0.5, 0.6) is 0 Å². The molecule has 102 valence electrons. The first-order valence-electron chi connectivity index (χ1n) is 5.84. The topological polar surface area (TPSA) is 84.5 Å². The fourth-order valence-electron chi connectivity index (χ4n) is 2.10. The molecule has 1 aromatic heterocycles. The highest BCUT2D eigenvalue weighted by molar-refractivity contribution is 7.17. The third-order valence-corrected chi connectivity index (χ3v) is 4.05. The minimum Gasteiger partial charge on any atom is -0.453 e. The van der Waals surface area contributed by atoms with Gasteiger partial charge in [-0.1, -0.05) is 0 Å². The molecule has 1 aromatic rings. The lowest BCUT2D eigenvalue weighted by Gasteiger charge is -2.06. The van der Waals surface area contributed by atoms with Gasteiger partial charge in [-0.2, -0.15) is 0 Å². The van der Waals surface area contributed by atoms with Crippen molar-refractivity contribution in [1.29, 1.82) is 0 Å². The summed E-state index contributed by atoms with van der Waals surface area (Å²) in [5, 5.41) is 5.27. The average molecular weight is 282 g/mol. The molecule has 19 heavy (non-hydrogen) atoms. The van der Waals surface area contributed by atoms with Gasteiger partial charge >= 0.3 is 6.09 Å². The maximum atomic E-state index is 12.1. The molecule has 0 radical (unpaired) electrons. The molecular weight excluding hydrogens is 268 g/mol. The van der Waals surface area contributed by atoms with Crippen molar-refractivity contribution in [3.63, 3.8) is 0 Å². The number of thiophene rings is 1. The highest BCUT2D eigenvalue weighted by atomic mass is 32.1. The molecule has 0 aliphatic heterocycles. The fraction of sp³-hybridized carbons (Fsp3) is 0.417. The summed E-state index contributed by atoms with van der Waals surface area (Å²) >= 11 is 1.40. The molecule has 0 bridgehead atoms. The van der Waals surface area contributed by atoms with Crippen LogP contribution in [0.2, 0.25) is 0 Å². The number of fused-ring (bicyclic) bond motifs is 1.